The van der Waals surface area contributed by atoms with Gasteiger partial charge in [-0.25, -0.2) is 9.97 Å². The van der Waals surface area contributed by atoms with Gasteiger partial charge in [-0.3, -0.25) is 0 Å². The van der Waals surface area contributed by atoms with Crippen molar-refractivity contribution >= 4 is 5.82 Å². The van der Waals surface area contributed by atoms with Gasteiger partial charge in [0, 0.05) is 17.4 Å². The molecule has 0 bridgehead atoms. The van der Waals surface area contributed by atoms with E-state index in [1.807, 2.05) is 6.07 Å². The molecular weight excluding hydrogens is 246 g/mol. The Labute approximate surface area is 123 Å². The molecule has 20 heavy (non-hydrogen) atoms. The van der Waals surface area contributed by atoms with Crippen molar-refractivity contribution in [1.82, 2.24) is 9.97 Å². The van der Waals surface area contributed by atoms with E-state index in [9.17, 15) is 0 Å². The first-order valence-electron chi connectivity index (χ1n) is 7.92. The molecule has 0 atom stereocenters. The van der Waals surface area contributed by atoms with Gasteiger partial charge in [0.1, 0.15) is 11.6 Å². The molecule has 2 N–H and O–H groups in total. The molecule has 1 saturated carbocycles. The predicted molar refractivity (Wildman–Crippen MR) is 84.7 cm³/mol. The van der Waals surface area contributed by atoms with Gasteiger partial charge in [0.25, 0.3) is 0 Å². The van der Waals surface area contributed by atoms with E-state index in [1.165, 1.54) is 25.7 Å². The predicted octanol–water partition coefficient (Wildman–Crippen LogP) is 4.29. The molecule has 1 aromatic rings. The van der Waals surface area contributed by atoms with E-state index in [2.05, 4.69) is 39.6 Å². The van der Waals surface area contributed by atoms with E-state index in [4.69, 9.17) is 10.7 Å². The van der Waals surface area contributed by atoms with E-state index in [0.29, 0.717) is 11.7 Å². The van der Waals surface area contributed by atoms with Crippen LogP contribution in [-0.2, 0) is 5.41 Å². The monoisotopic (exact) mass is 275 g/mol. The maximum Gasteiger partial charge on any atom is 0.134 e. The zero-order valence-corrected chi connectivity index (χ0v) is 13.6. The minimum absolute atomic E-state index is 0.0287. The summed E-state index contributed by atoms with van der Waals surface area (Å²) in [6, 6.07) is 1.92. The van der Waals surface area contributed by atoms with E-state index in [1.54, 1.807) is 0 Å². The molecule has 112 valence electrons. The van der Waals surface area contributed by atoms with Crippen molar-refractivity contribution in [2.24, 2.45) is 11.8 Å². The van der Waals surface area contributed by atoms with Crippen LogP contribution in [0.3, 0.4) is 0 Å². The number of nitrogen functional groups attached to an aromatic ring is 1. The zero-order valence-electron chi connectivity index (χ0n) is 13.6. The Kier molecular flexibility index (Phi) is 4.36. The molecule has 0 aliphatic heterocycles. The topological polar surface area (TPSA) is 51.8 Å². The summed E-state index contributed by atoms with van der Waals surface area (Å²) in [5.41, 5.74) is 7.08. The highest BCUT2D eigenvalue weighted by molar-refractivity contribution is 5.33. The second-order valence-electron chi connectivity index (χ2n) is 7.64. The van der Waals surface area contributed by atoms with E-state index < -0.39 is 0 Å². The molecular formula is C17H29N3. The largest absolute Gasteiger partial charge is 0.384 e. The average Bonchev–Trinajstić information content (AvgIpc) is 2.37. The average molecular weight is 275 g/mol. The van der Waals surface area contributed by atoms with Gasteiger partial charge in [0.2, 0.25) is 0 Å². The van der Waals surface area contributed by atoms with Crippen LogP contribution in [0, 0.1) is 11.8 Å². The Bertz CT molecular complexity index is 452. The third-order valence-corrected chi connectivity index (χ3v) is 4.61. The smallest absolute Gasteiger partial charge is 0.134 e. The minimum atomic E-state index is 0.0287. The van der Waals surface area contributed by atoms with Gasteiger partial charge in [0.15, 0.2) is 0 Å². The summed E-state index contributed by atoms with van der Waals surface area (Å²) in [6.07, 6.45) is 5.00. The number of nitrogens with zero attached hydrogens (tertiary/aromatic N) is 2. The number of nitrogens with two attached hydrogens (primary N) is 1. The van der Waals surface area contributed by atoms with Gasteiger partial charge in [0.05, 0.1) is 5.69 Å². The van der Waals surface area contributed by atoms with Crippen LogP contribution in [0.15, 0.2) is 6.07 Å². The lowest BCUT2D eigenvalue weighted by molar-refractivity contribution is 0.254. The second kappa shape index (κ2) is 5.71. The fourth-order valence-corrected chi connectivity index (χ4v) is 3.10. The highest BCUT2D eigenvalue weighted by Gasteiger charge is 2.27. The van der Waals surface area contributed by atoms with Crippen LogP contribution in [0.2, 0.25) is 0 Å². The molecule has 0 unspecified atom stereocenters. The number of aromatic nitrogens is 2. The third-order valence-electron chi connectivity index (χ3n) is 4.61. The Balaban J connectivity index is 2.16. The molecule has 1 aromatic heterocycles. The van der Waals surface area contributed by atoms with Crippen molar-refractivity contribution in [2.75, 3.05) is 5.73 Å². The molecule has 0 amide bonds. The fraction of sp³-hybridized carbons (Fsp3) is 0.765. The Morgan fingerprint density at radius 1 is 1.10 bits per heavy atom. The molecule has 1 heterocycles. The van der Waals surface area contributed by atoms with Crippen molar-refractivity contribution in [3.63, 3.8) is 0 Å². The van der Waals surface area contributed by atoms with Crippen molar-refractivity contribution in [3.8, 4) is 0 Å². The van der Waals surface area contributed by atoms with Crippen molar-refractivity contribution < 1.29 is 0 Å². The molecule has 0 spiro atoms. The van der Waals surface area contributed by atoms with Crippen molar-refractivity contribution in [1.29, 1.82) is 0 Å². The lowest BCUT2D eigenvalue weighted by Gasteiger charge is -2.30. The maximum absolute atomic E-state index is 5.99. The van der Waals surface area contributed by atoms with E-state index in [0.717, 1.165) is 23.4 Å². The second-order valence-corrected chi connectivity index (χ2v) is 7.64. The molecule has 1 aliphatic rings. The minimum Gasteiger partial charge on any atom is -0.384 e. The lowest BCUT2D eigenvalue weighted by atomic mass is 9.76. The van der Waals surface area contributed by atoms with Crippen LogP contribution in [-0.4, -0.2) is 9.97 Å². The summed E-state index contributed by atoms with van der Waals surface area (Å²) < 4.78 is 0. The SMILES string of the molecule is CC(C)C1CCC(c2nc(N)cc(C(C)(C)C)n2)CC1. The highest BCUT2D eigenvalue weighted by Crippen LogP contribution is 2.38. The standard InChI is InChI=1S/C17H29N3/c1-11(2)12-6-8-13(9-7-12)16-19-14(17(3,4)5)10-15(18)20-16/h10-13H,6-9H2,1-5H3,(H2,18,19,20). The molecule has 2 rings (SSSR count). The van der Waals surface area contributed by atoms with Gasteiger partial charge in [-0.05, 0) is 37.5 Å². The summed E-state index contributed by atoms with van der Waals surface area (Å²) in [7, 11) is 0. The summed E-state index contributed by atoms with van der Waals surface area (Å²) in [6.45, 7) is 11.2. The van der Waals surface area contributed by atoms with E-state index in [-0.39, 0.29) is 5.41 Å². The van der Waals surface area contributed by atoms with Gasteiger partial charge in [-0.1, -0.05) is 34.6 Å². The number of hydrogen-bond donors (Lipinski definition) is 1. The highest BCUT2D eigenvalue weighted by atomic mass is 15.0. The Hall–Kier alpha value is -1.12. The zero-order chi connectivity index (χ0) is 14.9. The summed E-state index contributed by atoms with van der Waals surface area (Å²) in [4.78, 5) is 9.31. The molecule has 0 aromatic carbocycles. The molecule has 3 nitrogen and oxygen atoms in total. The number of hydrogen-bond acceptors (Lipinski definition) is 3. The molecule has 3 heteroatoms. The lowest BCUT2D eigenvalue weighted by Crippen LogP contribution is -2.21. The number of rotatable bonds is 2. The quantitative estimate of drug-likeness (QED) is 0.876. The number of anilines is 1. The van der Waals surface area contributed by atoms with Crippen LogP contribution in [0.1, 0.15) is 77.7 Å². The van der Waals surface area contributed by atoms with Gasteiger partial charge in [-0.2, -0.15) is 0 Å². The molecule has 0 saturated heterocycles. The van der Waals surface area contributed by atoms with Crippen molar-refractivity contribution in [2.45, 2.75) is 71.6 Å². The third kappa shape index (κ3) is 3.50. The normalized spacial score (nSPS) is 24.1. The van der Waals surface area contributed by atoms with Gasteiger partial charge < -0.3 is 5.73 Å². The van der Waals surface area contributed by atoms with Crippen LogP contribution < -0.4 is 5.73 Å². The summed E-state index contributed by atoms with van der Waals surface area (Å²) in [5.74, 6) is 3.75. The van der Waals surface area contributed by atoms with Crippen LogP contribution in [0.4, 0.5) is 5.82 Å². The summed E-state index contributed by atoms with van der Waals surface area (Å²) >= 11 is 0. The van der Waals surface area contributed by atoms with Gasteiger partial charge in [-0.15, -0.1) is 0 Å². The summed E-state index contributed by atoms with van der Waals surface area (Å²) in [5, 5.41) is 0. The van der Waals surface area contributed by atoms with Crippen molar-refractivity contribution in [3.05, 3.63) is 17.6 Å². The van der Waals surface area contributed by atoms with Crippen LogP contribution in [0.5, 0.6) is 0 Å². The van der Waals surface area contributed by atoms with E-state index >= 15 is 0 Å². The fourth-order valence-electron chi connectivity index (χ4n) is 3.10. The molecule has 0 radical (unpaired) electrons. The Morgan fingerprint density at radius 3 is 2.20 bits per heavy atom. The molecule has 1 fully saturated rings. The van der Waals surface area contributed by atoms with Crippen LogP contribution in [0.25, 0.3) is 0 Å². The first-order chi connectivity index (χ1) is 9.27. The first-order valence-corrected chi connectivity index (χ1v) is 7.92. The van der Waals surface area contributed by atoms with Gasteiger partial charge >= 0.3 is 0 Å². The maximum atomic E-state index is 5.99. The Morgan fingerprint density at radius 2 is 1.70 bits per heavy atom. The first kappa shape index (κ1) is 15.3. The van der Waals surface area contributed by atoms with Crippen LogP contribution >= 0.6 is 0 Å². The molecule has 1 aliphatic carbocycles.